The molecule has 0 saturated heterocycles. The molecule has 0 amide bonds. The number of nitrogens with zero attached hydrogens (tertiary/aromatic N) is 1. The van der Waals surface area contributed by atoms with Crippen molar-refractivity contribution in [2.75, 3.05) is 6.54 Å². The lowest BCUT2D eigenvalue weighted by Crippen LogP contribution is -2.31. The zero-order valence-corrected chi connectivity index (χ0v) is 12.5. The maximum atomic E-state index is 4.19. The van der Waals surface area contributed by atoms with Crippen LogP contribution >= 0.6 is 0 Å². The molecular formula is C18H24N2. The predicted molar refractivity (Wildman–Crippen MR) is 84.9 cm³/mol. The molecule has 2 heteroatoms. The zero-order chi connectivity index (χ0) is 14.2. The van der Waals surface area contributed by atoms with Crippen molar-refractivity contribution in [3.8, 4) is 0 Å². The van der Waals surface area contributed by atoms with Crippen LogP contribution in [0.25, 0.3) is 0 Å². The number of benzene rings is 1. The smallest absolute Gasteiger partial charge is 0.0299 e. The molecule has 0 aliphatic rings. The van der Waals surface area contributed by atoms with Gasteiger partial charge in [-0.05, 0) is 55.5 Å². The average Bonchev–Trinajstić information content (AvgIpc) is 2.48. The Bertz CT molecular complexity index is 508. The summed E-state index contributed by atoms with van der Waals surface area (Å²) >= 11 is 0. The Labute approximate surface area is 122 Å². The highest BCUT2D eigenvalue weighted by Gasteiger charge is 2.10. The molecule has 1 unspecified atom stereocenters. The summed E-state index contributed by atoms with van der Waals surface area (Å²) in [6.07, 6.45) is 7.13. The maximum Gasteiger partial charge on any atom is 0.0299 e. The van der Waals surface area contributed by atoms with Crippen LogP contribution < -0.4 is 5.32 Å². The van der Waals surface area contributed by atoms with Gasteiger partial charge in [-0.1, -0.05) is 37.3 Å². The minimum atomic E-state index is 0.529. The van der Waals surface area contributed by atoms with E-state index in [0.29, 0.717) is 6.04 Å². The van der Waals surface area contributed by atoms with Crippen LogP contribution in [0, 0.1) is 6.92 Å². The Morgan fingerprint density at radius 3 is 2.70 bits per heavy atom. The van der Waals surface area contributed by atoms with Gasteiger partial charge in [0.1, 0.15) is 0 Å². The normalized spacial score (nSPS) is 12.3. The van der Waals surface area contributed by atoms with E-state index in [9.17, 15) is 0 Å². The highest BCUT2D eigenvalue weighted by molar-refractivity contribution is 5.26. The first kappa shape index (κ1) is 14.7. The molecule has 1 aromatic heterocycles. The second-order valence-corrected chi connectivity index (χ2v) is 5.29. The van der Waals surface area contributed by atoms with Crippen LogP contribution in [0.4, 0.5) is 0 Å². The summed E-state index contributed by atoms with van der Waals surface area (Å²) in [6, 6.07) is 13.4. The van der Waals surface area contributed by atoms with Gasteiger partial charge >= 0.3 is 0 Å². The van der Waals surface area contributed by atoms with Gasteiger partial charge in [-0.3, -0.25) is 4.98 Å². The molecule has 0 saturated carbocycles. The van der Waals surface area contributed by atoms with Crippen molar-refractivity contribution in [1.82, 2.24) is 10.3 Å². The second-order valence-electron chi connectivity index (χ2n) is 5.29. The van der Waals surface area contributed by atoms with Crippen molar-refractivity contribution in [1.29, 1.82) is 0 Å². The van der Waals surface area contributed by atoms with Gasteiger partial charge in [-0.25, -0.2) is 0 Å². The van der Waals surface area contributed by atoms with Gasteiger partial charge in [0.15, 0.2) is 0 Å². The van der Waals surface area contributed by atoms with Gasteiger partial charge in [-0.2, -0.15) is 0 Å². The topological polar surface area (TPSA) is 24.9 Å². The Kier molecular flexibility index (Phi) is 5.75. The van der Waals surface area contributed by atoms with Gasteiger partial charge in [0.2, 0.25) is 0 Å². The fraction of sp³-hybridized carbons (Fsp3) is 0.389. The lowest BCUT2D eigenvalue weighted by atomic mass is 9.97. The second kappa shape index (κ2) is 7.81. The summed E-state index contributed by atoms with van der Waals surface area (Å²) in [5.74, 6) is 0. The van der Waals surface area contributed by atoms with Crippen LogP contribution in [0.2, 0.25) is 0 Å². The van der Waals surface area contributed by atoms with Crippen LogP contribution in [-0.4, -0.2) is 17.6 Å². The molecule has 0 bridgehead atoms. The van der Waals surface area contributed by atoms with Crippen molar-refractivity contribution in [2.24, 2.45) is 0 Å². The van der Waals surface area contributed by atoms with E-state index >= 15 is 0 Å². The number of hydrogen-bond acceptors (Lipinski definition) is 2. The van der Waals surface area contributed by atoms with Crippen LogP contribution in [-0.2, 0) is 12.8 Å². The standard InChI is InChI=1S/C18H24N2/c1-3-20-18(11-10-16-8-6-12-19-14-16)13-17-9-5-4-7-15(17)2/h4-9,12,14,18,20H,3,10-11,13H2,1-2H3. The van der Waals surface area contributed by atoms with E-state index in [-0.39, 0.29) is 0 Å². The van der Waals surface area contributed by atoms with Crippen molar-refractivity contribution >= 4 is 0 Å². The molecule has 0 fully saturated rings. The van der Waals surface area contributed by atoms with E-state index in [2.05, 4.69) is 54.5 Å². The summed E-state index contributed by atoms with van der Waals surface area (Å²) in [6.45, 7) is 5.39. The van der Waals surface area contributed by atoms with Gasteiger partial charge < -0.3 is 5.32 Å². The van der Waals surface area contributed by atoms with E-state index in [0.717, 1.165) is 25.8 Å². The summed E-state index contributed by atoms with van der Waals surface area (Å²) in [4.78, 5) is 4.19. The molecule has 106 valence electrons. The number of hydrogen-bond donors (Lipinski definition) is 1. The lowest BCUT2D eigenvalue weighted by Gasteiger charge is -2.19. The molecule has 2 aromatic rings. The molecule has 0 radical (unpaired) electrons. The van der Waals surface area contributed by atoms with Crippen LogP contribution in [0.15, 0.2) is 48.8 Å². The number of pyridine rings is 1. The number of rotatable bonds is 7. The lowest BCUT2D eigenvalue weighted by molar-refractivity contribution is 0.490. The van der Waals surface area contributed by atoms with E-state index in [1.165, 1.54) is 16.7 Å². The summed E-state index contributed by atoms with van der Waals surface area (Å²) < 4.78 is 0. The molecular weight excluding hydrogens is 244 g/mol. The highest BCUT2D eigenvalue weighted by Crippen LogP contribution is 2.13. The molecule has 0 aliphatic carbocycles. The molecule has 1 atom stereocenters. The van der Waals surface area contributed by atoms with E-state index in [4.69, 9.17) is 0 Å². The molecule has 2 nitrogen and oxygen atoms in total. The van der Waals surface area contributed by atoms with Gasteiger partial charge in [-0.15, -0.1) is 0 Å². The molecule has 1 aromatic carbocycles. The fourth-order valence-electron chi connectivity index (χ4n) is 2.56. The van der Waals surface area contributed by atoms with Crippen molar-refractivity contribution in [3.05, 3.63) is 65.5 Å². The van der Waals surface area contributed by atoms with E-state index in [1.807, 2.05) is 18.5 Å². The number of nitrogens with one attached hydrogen (secondary N) is 1. The summed E-state index contributed by atoms with van der Waals surface area (Å²) in [7, 11) is 0. The molecule has 0 spiro atoms. The predicted octanol–water partition coefficient (Wildman–Crippen LogP) is 3.54. The SMILES string of the molecule is CCNC(CCc1cccnc1)Cc1ccccc1C. The van der Waals surface area contributed by atoms with Crippen LogP contribution in [0.1, 0.15) is 30.0 Å². The quantitative estimate of drug-likeness (QED) is 0.830. The third-order valence-electron chi connectivity index (χ3n) is 3.72. The van der Waals surface area contributed by atoms with Crippen molar-refractivity contribution < 1.29 is 0 Å². The van der Waals surface area contributed by atoms with E-state index in [1.54, 1.807) is 0 Å². The molecule has 2 rings (SSSR count). The zero-order valence-electron chi connectivity index (χ0n) is 12.5. The summed E-state index contributed by atoms with van der Waals surface area (Å²) in [5.41, 5.74) is 4.15. The maximum absolute atomic E-state index is 4.19. The Balaban J connectivity index is 1.95. The first-order chi connectivity index (χ1) is 9.79. The van der Waals surface area contributed by atoms with Gasteiger partial charge in [0.05, 0.1) is 0 Å². The number of aromatic nitrogens is 1. The number of likely N-dealkylation sites (N-methyl/N-ethyl adjacent to an activating group) is 1. The van der Waals surface area contributed by atoms with Crippen molar-refractivity contribution in [3.63, 3.8) is 0 Å². The fourth-order valence-corrected chi connectivity index (χ4v) is 2.56. The first-order valence-corrected chi connectivity index (χ1v) is 7.46. The third-order valence-corrected chi connectivity index (χ3v) is 3.72. The Morgan fingerprint density at radius 2 is 2.00 bits per heavy atom. The van der Waals surface area contributed by atoms with Crippen molar-refractivity contribution in [2.45, 2.75) is 39.2 Å². The Hall–Kier alpha value is -1.67. The summed E-state index contributed by atoms with van der Waals surface area (Å²) in [5, 5.41) is 3.61. The minimum absolute atomic E-state index is 0.529. The van der Waals surface area contributed by atoms with E-state index < -0.39 is 0 Å². The Morgan fingerprint density at radius 1 is 1.15 bits per heavy atom. The molecule has 1 heterocycles. The molecule has 0 aliphatic heterocycles. The highest BCUT2D eigenvalue weighted by atomic mass is 14.9. The first-order valence-electron chi connectivity index (χ1n) is 7.46. The monoisotopic (exact) mass is 268 g/mol. The van der Waals surface area contributed by atoms with Gasteiger partial charge in [0.25, 0.3) is 0 Å². The molecule has 1 N–H and O–H groups in total. The average molecular weight is 268 g/mol. The third kappa shape index (κ3) is 4.46. The largest absolute Gasteiger partial charge is 0.314 e. The van der Waals surface area contributed by atoms with Gasteiger partial charge in [0, 0.05) is 18.4 Å². The van der Waals surface area contributed by atoms with Crippen LogP contribution in [0.3, 0.4) is 0 Å². The molecule has 20 heavy (non-hydrogen) atoms. The number of aryl methyl sites for hydroxylation is 2. The minimum Gasteiger partial charge on any atom is -0.314 e. The van der Waals surface area contributed by atoms with Crippen LogP contribution in [0.5, 0.6) is 0 Å².